The third-order valence-electron chi connectivity index (χ3n) is 4.24. The van der Waals surface area contributed by atoms with Crippen LogP contribution in [0, 0.1) is 0 Å². The molecule has 23 heavy (non-hydrogen) atoms. The smallest absolute Gasteiger partial charge is 0.183 e. The molecule has 0 radical (unpaired) electrons. The second-order valence-electron chi connectivity index (χ2n) is 6.02. The van der Waals surface area contributed by atoms with E-state index in [4.69, 9.17) is 11.6 Å². The predicted octanol–water partition coefficient (Wildman–Crippen LogP) is 2.01. The average molecular weight is 380 g/mol. The first-order valence-electron chi connectivity index (χ1n) is 7.57. The Kier molecular flexibility index (Phi) is 5.76. The molecule has 1 aromatic rings. The molecule has 8 heteroatoms. The van der Waals surface area contributed by atoms with Crippen molar-refractivity contribution in [3.05, 3.63) is 29.3 Å². The van der Waals surface area contributed by atoms with Gasteiger partial charge in [-0.1, -0.05) is 24.9 Å². The second kappa shape index (κ2) is 7.09. The van der Waals surface area contributed by atoms with Gasteiger partial charge in [0.1, 0.15) is 0 Å². The number of halogens is 1. The Labute approximate surface area is 143 Å². The quantitative estimate of drug-likeness (QED) is 0.756. The molecule has 0 aromatic heterocycles. The van der Waals surface area contributed by atoms with Crippen LogP contribution in [0.5, 0.6) is 0 Å². The first-order chi connectivity index (χ1) is 10.7. The minimum Gasteiger partial charge on any atom is -0.301 e. The Balaban J connectivity index is 2.35. The number of sulfone groups is 2. The number of benzene rings is 1. The zero-order chi connectivity index (χ0) is 17.3. The molecule has 1 heterocycles. The maximum absolute atomic E-state index is 12.9. The van der Waals surface area contributed by atoms with Gasteiger partial charge in [0.25, 0.3) is 0 Å². The van der Waals surface area contributed by atoms with Crippen molar-refractivity contribution < 1.29 is 16.8 Å². The van der Waals surface area contributed by atoms with Crippen LogP contribution in [0.4, 0.5) is 0 Å². The van der Waals surface area contributed by atoms with Crippen LogP contribution in [0.1, 0.15) is 19.8 Å². The maximum Gasteiger partial charge on any atom is 0.183 e. The standard InChI is InChI=1S/C15H22ClNO4S2/c1-3-4-9-17(2)14-10-22(18,19)11-15(14)23(20,21)13-7-5-12(16)6-8-13/h5-8,14-15H,3-4,9-11H2,1-2H3/t14-,15-/m1/s1. The van der Waals surface area contributed by atoms with Crippen molar-refractivity contribution in [2.45, 2.75) is 36.0 Å². The van der Waals surface area contributed by atoms with Crippen molar-refractivity contribution in [3.8, 4) is 0 Å². The monoisotopic (exact) mass is 379 g/mol. The van der Waals surface area contributed by atoms with Gasteiger partial charge in [0.15, 0.2) is 19.7 Å². The Morgan fingerprint density at radius 2 is 1.83 bits per heavy atom. The second-order valence-corrected chi connectivity index (χ2v) is 10.8. The van der Waals surface area contributed by atoms with Crippen LogP contribution < -0.4 is 0 Å². The minimum absolute atomic E-state index is 0.106. The van der Waals surface area contributed by atoms with Crippen molar-refractivity contribution in [1.29, 1.82) is 0 Å². The van der Waals surface area contributed by atoms with Crippen molar-refractivity contribution >= 4 is 31.3 Å². The van der Waals surface area contributed by atoms with E-state index in [0.717, 1.165) is 12.8 Å². The summed E-state index contributed by atoms with van der Waals surface area (Å²) in [6.07, 6.45) is 1.87. The lowest BCUT2D eigenvalue weighted by molar-refractivity contribution is 0.259. The molecule has 1 aromatic carbocycles. The van der Waals surface area contributed by atoms with E-state index >= 15 is 0 Å². The topological polar surface area (TPSA) is 71.5 Å². The Hall–Kier alpha value is -0.630. The van der Waals surface area contributed by atoms with Gasteiger partial charge in [0.2, 0.25) is 0 Å². The molecule has 2 rings (SSSR count). The van der Waals surface area contributed by atoms with Crippen LogP contribution in [0.15, 0.2) is 29.2 Å². The highest BCUT2D eigenvalue weighted by molar-refractivity contribution is 7.96. The fraction of sp³-hybridized carbons (Fsp3) is 0.600. The van der Waals surface area contributed by atoms with Crippen molar-refractivity contribution in [2.24, 2.45) is 0 Å². The van der Waals surface area contributed by atoms with E-state index in [2.05, 4.69) is 0 Å². The molecule has 0 amide bonds. The van der Waals surface area contributed by atoms with Crippen LogP contribution in [0.25, 0.3) is 0 Å². The molecule has 0 N–H and O–H groups in total. The molecule has 0 saturated carbocycles. The van der Waals surface area contributed by atoms with Gasteiger partial charge in [-0.3, -0.25) is 0 Å². The summed E-state index contributed by atoms with van der Waals surface area (Å²) in [5.74, 6) is -0.427. The highest BCUT2D eigenvalue weighted by atomic mass is 35.5. The molecule has 1 aliphatic rings. The summed E-state index contributed by atoms with van der Waals surface area (Å²) < 4.78 is 49.9. The average Bonchev–Trinajstić information content (AvgIpc) is 2.82. The molecule has 0 aliphatic carbocycles. The summed E-state index contributed by atoms with van der Waals surface area (Å²) in [5.41, 5.74) is 0. The predicted molar refractivity (Wildman–Crippen MR) is 92.4 cm³/mol. The SMILES string of the molecule is CCCCN(C)[C@@H]1CS(=O)(=O)C[C@H]1S(=O)(=O)c1ccc(Cl)cc1. The van der Waals surface area contributed by atoms with Gasteiger partial charge in [0, 0.05) is 11.1 Å². The van der Waals surface area contributed by atoms with Gasteiger partial charge in [-0.15, -0.1) is 0 Å². The van der Waals surface area contributed by atoms with E-state index in [1.165, 1.54) is 24.3 Å². The van der Waals surface area contributed by atoms with E-state index in [1.807, 2.05) is 11.8 Å². The Morgan fingerprint density at radius 3 is 2.39 bits per heavy atom. The van der Waals surface area contributed by atoms with Gasteiger partial charge in [-0.25, -0.2) is 16.8 Å². The van der Waals surface area contributed by atoms with Crippen molar-refractivity contribution in [2.75, 3.05) is 25.1 Å². The molecular weight excluding hydrogens is 358 g/mol. The summed E-state index contributed by atoms with van der Waals surface area (Å²) >= 11 is 5.80. The highest BCUT2D eigenvalue weighted by Gasteiger charge is 2.47. The maximum atomic E-state index is 12.9. The van der Waals surface area contributed by atoms with Crippen LogP contribution in [0.3, 0.4) is 0 Å². The molecular formula is C15H22ClNO4S2. The van der Waals surface area contributed by atoms with Crippen molar-refractivity contribution in [1.82, 2.24) is 4.90 Å². The third kappa shape index (κ3) is 4.26. The largest absolute Gasteiger partial charge is 0.301 e. The van der Waals surface area contributed by atoms with Gasteiger partial charge in [0.05, 0.1) is 21.7 Å². The fourth-order valence-electron chi connectivity index (χ4n) is 2.88. The first kappa shape index (κ1) is 18.7. The van der Waals surface area contributed by atoms with Crippen molar-refractivity contribution in [3.63, 3.8) is 0 Å². The molecule has 1 aliphatic heterocycles. The van der Waals surface area contributed by atoms with Gasteiger partial charge in [-0.2, -0.15) is 0 Å². The zero-order valence-electron chi connectivity index (χ0n) is 13.3. The fourth-order valence-corrected chi connectivity index (χ4v) is 7.91. The Bertz CT molecular complexity index is 744. The van der Waals surface area contributed by atoms with E-state index in [0.29, 0.717) is 11.6 Å². The first-order valence-corrected chi connectivity index (χ1v) is 11.3. The zero-order valence-corrected chi connectivity index (χ0v) is 15.7. The summed E-state index contributed by atoms with van der Waals surface area (Å²) in [5, 5.41) is -0.491. The number of hydrogen-bond acceptors (Lipinski definition) is 5. The molecule has 5 nitrogen and oxygen atoms in total. The van der Waals surface area contributed by atoms with E-state index in [1.54, 1.807) is 7.05 Å². The molecule has 2 atom stereocenters. The molecule has 1 fully saturated rings. The summed E-state index contributed by atoms with van der Waals surface area (Å²) in [6.45, 7) is 2.73. The van der Waals surface area contributed by atoms with Crippen LogP contribution >= 0.6 is 11.6 Å². The number of nitrogens with zero attached hydrogens (tertiary/aromatic N) is 1. The lowest BCUT2D eigenvalue weighted by atomic mass is 10.2. The lowest BCUT2D eigenvalue weighted by Crippen LogP contribution is -2.44. The normalized spacial score (nSPS) is 24.2. The number of hydrogen-bond donors (Lipinski definition) is 0. The van der Waals surface area contributed by atoms with E-state index < -0.39 is 31.0 Å². The lowest BCUT2D eigenvalue weighted by Gasteiger charge is -2.28. The van der Waals surface area contributed by atoms with Crippen LogP contribution in [0.2, 0.25) is 5.02 Å². The molecule has 0 bridgehead atoms. The van der Waals surface area contributed by atoms with Gasteiger partial charge >= 0.3 is 0 Å². The summed E-state index contributed by atoms with van der Waals surface area (Å²) in [6, 6.07) is 5.38. The molecule has 0 unspecified atom stereocenters. The van der Waals surface area contributed by atoms with Gasteiger partial charge < -0.3 is 4.90 Å². The minimum atomic E-state index is -3.73. The highest BCUT2D eigenvalue weighted by Crippen LogP contribution is 2.29. The van der Waals surface area contributed by atoms with Crippen LogP contribution in [-0.2, 0) is 19.7 Å². The van der Waals surface area contributed by atoms with E-state index in [9.17, 15) is 16.8 Å². The molecule has 1 saturated heterocycles. The van der Waals surface area contributed by atoms with E-state index in [-0.39, 0.29) is 16.4 Å². The molecule has 0 spiro atoms. The number of unbranched alkanes of at least 4 members (excludes halogenated alkanes) is 1. The molecule has 130 valence electrons. The summed E-state index contributed by atoms with van der Waals surface area (Å²) in [7, 11) is -5.29. The van der Waals surface area contributed by atoms with Gasteiger partial charge in [-0.05, 0) is 44.3 Å². The summed E-state index contributed by atoms with van der Waals surface area (Å²) in [4.78, 5) is 1.99. The Morgan fingerprint density at radius 1 is 1.22 bits per heavy atom. The van der Waals surface area contributed by atoms with Crippen LogP contribution in [-0.4, -0.2) is 58.1 Å². The number of rotatable bonds is 6. The third-order valence-corrected chi connectivity index (χ3v) is 8.63.